The molecule has 1 heterocycles. The maximum absolute atomic E-state index is 13.7. The normalized spacial score (nSPS) is 16.3. The predicted octanol–water partition coefficient (Wildman–Crippen LogP) is 0.796. The Bertz CT molecular complexity index is 517. The van der Waals surface area contributed by atoms with E-state index in [2.05, 4.69) is 28.7 Å². The lowest BCUT2D eigenvalue weighted by Crippen LogP contribution is -2.45. The predicted molar refractivity (Wildman–Crippen MR) is 79.8 cm³/mol. The molecule has 21 heavy (non-hydrogen) atoms. The molecular formula is C16H21FN2O2. The highest BCUT2D eigenvalue weighted by molar-refractivity contribution is 5.39. The van der Waals surface area contributed by atoms with Crippen molar-refractivity contribution in [2.75, 3.05) is 53.0 Å². The van der Waals surface area contributed by atoms with Gasteiger partial charge in [0.2, 0.25) is 0 Å². The molecule has 0 aliphatic carbocycles. The lowest BCUT2D eigenvalue weighted by Gasteiger charge is -2.32. The van der Waals surface area contributed by atoms with Crippen molar-refractivity contribution in [3.63, 3.8) is 0 Å². The molecule has 114 valence electrons. The minimum absolute atomic E-state index is 0.274. The highest BCUT2D eigenvalue weighted by atomic mass is 19.1. The van der Waals surface area contributed by atoms with Gasteiger partial charge in [0, 0.05) is 38.8 Å². The summed E-state index contributed by atoms with van der Waals surface area (Å²) in [5, 5.41) is 8.60. The zero-order valence-electron chi connectivity index (χ0n) is 12.3. The summed E-state index contributed by atoms with van der Waals surface area (Å²) < 4.78 is 19.3. The summed E-state index contributed by atoms with van der Waals surface area (Å²) in [7, 11) is 2.12. The fraction of sp³-hybridized carbons (Fsp3) is 0.500. The first-order valence-corrected chi connectivity index (χ1v) is 7.12. The SMILES string of the molecule is CN1CCN(CCOc2ccc(C#CCO)c(F)c2)CC1. The molecule has 0 atom stereocenters. The Kier molecular flexibility index (Phi) is 6.00. The smallest absolute Gasteiger partial charge is 0.142 e. The molecule has 1 fully saturated rings. The van der Waals surface area contributed by atoms with Crippen LogP contribution in [0.2, 0.25) is 0 Å². The Morgan fingerprint density at radius 1 is 1.29 bits per heavy atom. The van der Waals surface area contributed by atoms with Crippen molar-refractivity contribution < 1.29 is 14.2 Å². The van der Waals surface area contributed by atoms with Crippen molar-refractivity contribution in [1.82, 2.24) is 9.80 Å². The molecule has 1 saturated heterocycles. The second-order valence-corrected chi connectivity index (χ2v) is 5.09. The van der Waals surface area contributed by atoms with Gasteiger partial charge in [0.25, 0.3) is 0 Å². The highest BCUT2D eigenvalue weighted by Gasteiger charge is 2.13. The van der Waals surface area contributed by atoms with Gasteiger partial charge in [-0.3, -0.25) is 4.90 Å². The van der Waals surface area contributed by atoms with E-state index >= 15 is 0 Å². The lowest BCUT2D eigenvalue weighted by atomic mass is 10.2. The maximum atomic E-state index is 13.7. The summed E-state index contributed by atoms with van der Waals surface area (Å²) in [4.78, 5) is 4.65. The molecule has 1 aliphatic rings. The first-order valence-electron chi connectivity index (χ1n) is 7.12. The molecule has 0 spiro atoms. The minimum Gasteiger partial charge on any atom is -0.492 e. The van der Waals surface area contributed by atoms with Gasteiger partial charge in [-0.2, -0.15) is 0 Å². The zero-order chi connectivity index (χ0) is 15.1. The summed E-state index contributed by atoms with van der Waals surface area (Å²) in [6, 6.07) is 4.61. The maximum Gasteiger partial charge on any atom is 0.142 e. The van der Waals surface area contributed by atoms with Crippen molar-refractivity contribution in [3.8, 4) is 17.6 Å². The molecule has 1 aromatic rings. The fourth-order valence-corrected chi connectivity index (χ4v) is 2.19. The number of rotatable bonds is 4. The van der Waals surface area contributed by atoms with Crippen molar-refractivity contribution in [2.24, 2.45) is 0 Å². The molecule has 0 bridgehead atoms. The van der Waals surface area contributed by atoms with Gasteiger partial charge in [-0.15, -0.1) is 0 Å². The molecule has 5 heteroatoms. The van der Waals surface area contributed by atoms with Gasteiger partial charge in [0.15, 0.2) is 0 Å². The Balaban J connectivity index is 1.79. The number of hydrogen-bond acceptors (Lipinski definition) is 4. The molecule has 0 unspecified atom stereocenters. The van der Waals surface area contributed by atoms with E-state index < -0.39 is 5.82 Å². The first-order chi connectivity index (χ1) is 10.2. The van der Waals surface area contributed by atoms with E-state index in [9.17, 15) is 4.39 Å². The third-order valence-electron chi connectivity index (χ3n) is 3.51. The van der Waals surface area contributed by atoms with Crippen LogP contribution in [-0.4, -0.2) is 67.9 Å². The van der Waals surface area contributed by atoms with Gasteiger partial charge in [0.05, 0.1) is 5.56 Å². The van der Waals surface area contributed by atoms with E-state index in [1.807, 2.05) is 0 Å². The molecule has 0 amide bonds. The lowest BCUT2D eigenvalue weighted by molar-refractivity contribution is 0.133. The van der Waals surface area contributed by atoms with Crippen LogP contribution >= 0.6 is 0 Å². The third-order valence-corrected chi connectivity index (χ3v) is 3.51. The molecule has 0 saturated carbocycles. The van der Waals surface area contributed by atoms with Crippen LogP contribution in [-0.2, 0) is 0 Å². The standard InChI is InChI=1S/C16H21FN2O2/c1-18-6-8-19(9-7-18)10-12-21-15-5-4-14(3-2-11-20)16(17)13-15/h4-5,13,20H,6-12H2,1H3. The van der Waals surface area contributed by atoms with Crippen molar-refractivity contribution >= 4 is 0 Å². The number of hydrogen-bond donors (Lipinski definition) is 1. The summed E-state index contributed by atoms with van der Waals surface area (Å²) in [5.41, 5.74) is 0.274. The van der Waals surface area contributed by atoms with Gasteiger partial charge in [-0.25, -0.2) is 4.39 Å². The van der Waals surface area contributed by atoms with Crippen molar-refractivity contribution in [2.45, 2.75) is 0 Å². The van der Waals surface area contributed by atoms with Crippen LogP contribution in [0.25, 0.3) is 0 Å². The highest BCUT2D eigenvalue weighted by Crippen LogP contribution is 2.16. The molecular weight excluding hydrogens is 271 g/mol. The van der Waals surface area contributed by atoms with Gasteiger partial charge >= 0.3 is 0 Å². The number of halogens is 1. The molecule has 1 N–H and O–H groups in total. The van der Waals surface area contributed by atoms with Gasteiger partial charge in [-0.05, 0) is 19.2 Å². The van der Waals surface area contributed by atoms with Crippen LogP contribution in [0.4, 0.5) is 4.39 Å². The number of aliphatic hydroxyl groups is 1. The van der Waals surface area contributed by atoms with E-state index in [4.69, 9.17) is 9.84 Å². The van der Waals surface area contributed by atoms with Gasteiger partial charge in [-0.1, -0.05) is 11.8 Å². The molecule has 1 aliphatic heterocycles. The van der Waals surface area contributed by atoms with Gasteiger partial charge < -0.3 is 14.7 Å². The third kappa shape index (κ3) is 5.01. The van der Waals surface area contributed by atoms with Crippen LogP contribution in [0.15, 0.2) is 18.2 Å². The van der Waals surface area contributed by atoms with Crippen molar-refractivity contribution in [1.29, 1.82) is 0 Å². The molecule has 4 nitrogen and oxygen atoms in total. The summed E-state index contributed by atoms with van der Waals surface area (Å²) >= 11 is 0. The molecule has 1 aromatic carbocycles. The van der Waals surface area contributed by atoms with E-state index in [0.717, 1.165) is 32.7 Å². The number of benzene rings is 1. The number of likely N-dealkylation sites (N-methyl/N-ethyl adjacent to an activating group) is 1. The number of ether oxygens (including phenoxy) is 1. The Labute approximate surface area is 125 Å². The Morgan fingerprint density at radius 3 is 2.71 bits per heavy atom. The zero-order valence-corrected chi connectivity index (χ0v) is 12.3. The van der Waals surface area contributed by atoms with Crippen LogP contribution in [0.3, 0.4) is 0 Å². The average Bonchev–Trinajstić information content (AvgIpc) is 2.48. The minimum atomic E-state index is -0.423. The second-order valence-electron chi connectivity index (χ2n) is 5.09. The topological polar surface area (TPSA) is 35.9 Å². The van der Waals surface area contributed by atoms with Crippen LogP contribution in [0.1, 0.15) is 5.56 Å². The number of aliphatic hydroxyl groups excluding tert-OH is 1. The van der Waals surface area contributed by atoms with Gasteiger partial charge in [0.1, 0.15) is 24.8 Å². The second kappa shape index (κ2) is 7.99. The van der Waals surface area contributed by atoms with E-state index in [1.54, 1.807) is 12.1 Å². The van der Waals surface area contributed by atoms with Crippen LogP contribution in [0.5, 0.6) is 5.75 Å². The summed E-state index contributed by atoms with van der Waals surface area (Å²) in [6.45, 7) is 5.36. The van der Waals surface area contributed by atoms with Crippen LogP contribution < -0.4 is 4.74 Å². The Hall–Kier alpha value is -1.61. The van der Waals surface area contributed by atoms with E-state index in [0.29, 0.717) is 12.4 Å². The molecule has 0 aromatic heterocycles. The monoisotopic (exact) mass is 292 g/mol. The Morgan fingerprint density at radius 2 is 2.05 bits per heavy atom. The van der Waals surface area contributed by atoms with E-state index in [1.165, 1.54) is 6.07 Å². The van der Waals surface area contributed by atoms with E-state index in [-0.39, 0.29) is 12.2 Å². The first kappa shape index (κ1) is 15.8. The molecule has 0 radical (unpaired) electrons. The summed E-state index contributed by atoms with van der Waals surface area (Å²) in [5.74, 6) is 5.07. The van der Waals surface area contributed by atoms with Crippen molar-refractivity contribution in [3.05, 3.63) is 29.6 Å². The number of piperazine rings is 1. The average molecular weight is 292 g/mol. The summed E-state index contributed by atoms with van der Waals surface area (Å²) in [6.07, 6.45) is 0. The quantitative estimate of drug-likeness (QED) is 0.833. The number of nitrogens with zero attached hydrogens (tertiary/aromatic N) is 2. The molecule has 2 rings (SSSR count). The largest absolute Gasteiger partial charge is 0.492 e. The van der Waals surface area contributed by atoms with Crippen LogP contribution in [0, 0.1) is 17.7 Å². The fourth-order valence-electron chi connectivity index (χ4n) is 2.19.